The lowest BCUT2D eigenvalue weighted by Gasteiger charge is -2.03. The topological polar surface area (TPSA) is 45.9 Å². The first-order valence-corrected chi connectivity index (χ1v) is 6.33. The molecule has 0 aliphatic rings. The van der Waals surface area contributed by atoms with E-state index in [9.17, 15) is 4.79 Å². The number of aldehydes is 1. The SMILES string of the molecule is CC(=N)/C(C)=C(C)\C=C\c1c(C)c(C=O)c(C)n1C. The summed E-state index contributed by atoms with van der Waals surface area (Å²) < 4.78 is 2.02. The predicted octanol–water partition coefficient (Wildman–Crippen LogP) is 3.84. The zero-order valence-corrected chi connectivity index (χ0v) is 12.6. The Balaban J connectivity index is 3.25. The van der Waals surface area contributed by atoms with E-state index in [1.807, 2.05) is 51.5 Å². The van der Waals surface area contributed by atoms with Gasteiger partial charge >= 0.3 is 0 Å². The highest BCUT2D eigenvalue weighted by Crippen LogP contribution is 2.21. The van der Waals surface area contributed by atoms with Crippen LogP contribution in [0.25, 0.3) is 6.08 Å². The van der Waals surface area contributed by atoms with Gasteiger partial charge in [0.15, 0.2) is 6.29 Å². The summed E-state index contributed by atoms with van der Waals surface area (Å²) in [6.07, 6.45) is 4.93. The zero-order chi connectivity index (χ0) is 14.7. The Morgan fingerprint density at radius 3 is 2.21 bits per heavy atom. The van der Waals surface area contributed by atoms with Crippen LogP contribution in [-0.4, -0.2) is 16.6 Å². The van der Waals surface area contributed by atoms with Gasteiger partial charge in [-0.15, -0.1) is 0 Å². The van der Waals surface area contributed by atoms with Crippen molar-refractivity contribution < 1.29 is 4.79 Å². The Morgan fingerprint density at radius 1 is 1.21 bits per heavy atom. The highest BCUT2D eigenvalue weighted by molar-refractivity contribution is 5.96. The molecule has 19 heavy (non-hydrogen) atoms. The normalized spacial score (nSPS) is 12.7. The van der Waals surface area contributed by atoms with Crippen LogP contribution in [0.2, 0.25) is 0 Å². The quantitative estimate of drug-likeness (QED) is 0.498. The number of hydrogen-bond donors (Lipinski definition) is 1. The minimum absolute atomic E-state index is 0.579. The standard InChI is InChI=1S/C16H22N2O/c1-10(11(2)13(4)17)7-8-16-12(3)15(9-19)14(5)18(16)6/h7-9,17H,1-6H3/b8-7+,11-10-,17-13?. The maximum absolute atomic E-state index is 11.1. The number of aromatic nitrogens is 1. The molecule has 0 aliphatic heterocycles. The van der Waals surface area contributed by atoms with E-state index < -0.39 is 0 Å². The molecule has 0 bridgehead atoms. The molecule has 0 unspecified atom stereocenters. The number of carbonyl (C=O) groups is 1. The van der Waals surface area contributed by atoms with Crippen molar-refractivity contribution in [2.75, 3.05) is 0 Å². The summed E-state index contributed by atoms with van der Waals surface area (Å²) in [5.74, 6) is 0. The van der Waals surface area contributed by atoms with Crippen LogP contribution in [-0.2, 0) is 7.05 Å². The molecule has 102 valence electrons. The van der Waals surface area contributed by atoms with Crippen molar-refractivity contribution in [3.8, 4) is 0 Å². The molecule has 1 aromatic rings. The zero-order valence-electron chi connectivity index (χ0n) is 12.6. The van der Waals surface area contributed by atoms with Gasteiger partial charge in [0, 0.05) is 29.7 Å². The van der Waals surface area contributed by atoms with Crippen LogP contribution in [0, 0.1) is 19.3 Å². The van der Waals surface area contributed by atoms with Crippen LogP contribution in [0.3, 0.4) is 0 Å². The van der Waals surface area contributed by atoms with Gasteiger partial charge in [-0.25, -0.2) is 0 Å². The van der Waals surface area contributed by atoms with Crippen molar-refractivity contribution in [3.63, 3.8) is 0 Å². The van der Waals surface area contributed by atoms with E-state index in [-0.39, 0.29) is 0 Å². The maximum atomic E-state index is 11.1. The Labute approximate surface area is 115 Å². The van der Waals surface area contributed by atoms with Crippen molar-refractivity contribution in [2.24, 2.45) is 7.05 Å². The van der Waals surface area contributed by atoms with Crippen molar-refractivity contribution in [2.45, 2.75) is 34.6 Å². The largest absolute Gasteiger partial charge is 0.347 e. The molecule has 0 amide bonds. The van der Waals surface area contributed by atoms with Gasteiger partial charge in [-0.05, 0) is 57.4 Å². The number of allylic oxidation sites excluding steroid dienone is 3. The van der Waals surface area contributed by atoms with Crippen molar-refractivity contribution in [1.29, 1.82) is 5.41 Å². The summed E-state index contributed by atoms with van der Waals surface area (Å²) in [5, 5.41) is 7.62. The number of nitrogens with zero attached hydrogens (tertiary/aromatic N) is 1. The van der Waals surface area contributed by atoms with Gasteiger partial charge < -0.3 is 9.98 Å². The Bertz CT molecular complexity index is 586. The van der Waals surface area contributed by atoms with Crippen LogP contribution in [0.1, 0.15) is 48.1 Å². The molecule has 0 radical (unpaired) electrons. The minimum atomic E-state index is 0.579. The van der Waals surface area contributed by atoms with Gasteiger partial charge in [0.2, 0.25) is 0 Å². The lowest BCUT2D eigenvalue weighted by Crippen LogP contribution is -1.95. The molecule has 0 fully saturated rings. The summed E-state index contributed by atoms with van der Waals surface area (Å²) in [5.41, 5.74) is 6.42. The second-order valence-corrected chi connectivity index (χ2v) is 4.95. The highest BCUT2D eigenvalue weighted by atomic mass is 16.1. The first kappa shape index (κ1) is 15.2. The molecule has 3 nitrogen and oxygen atoms in total. The molecule has 3 heteroatoms. The Hall–Kier alpha value is -1.90. The molecule has 1 heterocycles. The van der Waals surface area contributed by atoms with E-state index in [0.29, 0.717) is 5.71 Å². The number of carbonyl (C=O) groups excluding carboxylic acids is 1. The molecule has 0 aromatic carbocycles. The molecule has 1 rings (SSSR count). The second kappa shape index (κ2) is 5.83. The van der Waals surface area contributed by atoms with E-state index >= 15 is 0 Å². The fourth-order valence-corrected chi connectivity index (χ4v) is 2.06. The number of nitrogens with one attached hydrogen (secondary N) is 1. The van der Waals surface area contributed by atoms with E-state index in [2.05, 4.69) is 0 Å². The highest BCUT2D eigenvalue weighted by Gasteiger charge is 2.12. The Morgan fingerprint density at radius 2 is 1.79 bits per heavy atom. The maximum Gasteiger partial charge on any atom is 0.152 e. The van der Waals surface area contributed by atoms with Gasteiger partial charge in [-0.2, -0.15) is 0 Å². The third kappa shape index (κ3) is 2.92. The smallest absolute Gasteiger partial charge is 0.152 e. The molecule has 0 spiro atoms. The van der Waals surface area contributed by atoms with E-state index in [4.69, 9.17) is 5.41 Å². The lowest BCUT2D eigenvalue weighted by molar-refractivity contribution is 0.112. The second-order valence-electron chi connectivity index (χ2n) is 4.95. The van der Waals surface area contributed by atoms with Crippen molar-refractivity contribution in [3.05, 3.63) is 39.7 Å². The number of hydrogen-bond acceptors (Lipinski definition) is 2. The average Bonchev–Trinajstić information content (AvgIpc) is 2.57. The van der Waals surface area contributed by atoms with Gasteiger partial charge in [-0.1, -0.05) is 6.08 Å². The predicted molar refractivity (Wildman–Crippen MR) is 81.1 cm³/mol. The summed E-state index contributed by atoms with van der Waals surface area (Å²) in [6, 6.07) is 0. The first-order chi connectivity index (χ1) is 8.81. The van der Waals surface area contributed by atoms with E-state index in [0.717, 1.165) is 39.9 Å². The van der Waals surface area contributed by atoms with Gasteiger partial charge in [0.25, 0.3) is 0 Å². The average molecular weight is 258 g/mol. The summed E-state index contributed by atoms with van der Waals surface area (Å²) in [7, 11) is 1.96. The van der Waals surface area contributed by atoms with Crippen molar-refractivity contribution >= 4 is 18.1 Å². The fraction of sp³-hybridized carbons (Fsp3) is 0.375. The third-order valence-corrected chi connectivity index (χ3v) is 3.81. The van der Waals surface area contributed by atoms with Crippen LogP contribution in [0.15, 0.2) is 17.2 Å². The minimum Gasteiger partial charge on any atom is -0.347 e. The molecule has 1 N–H and O–H groups in total. The Kier molecular flexibility index (Phi) is 4.65. The summed E-state index contributed by atoms with van der Waals surface area (Å²) in [6.45, 7) is 9.64. The molecular weight excluding hydrogens is 236 g/mol. The monoisotopic (exact) mass is 258 g/mol. The van der Waals surface area contributed by atoms with Crippen LogP contribution >= 0.6 is 0 Å². The van der Waals surface area contributed by atoms with Gasteiger partial charge in [0.1, 0.15) is 0 Å². The molecule has 0 saturated heterocycles. The molecule has 1 aromatic heterocycles. The van der Waals surface area contributed by atoms with Crippen molar-refractivity contribution in [1.82, 2.24) is 4.57 Å². The molecule has 0 aliphatic carbocycles. The third-order valence-electron chi connectivity index (χ3n) is 3.81. The molecular formula is C16H22N2O. The van der Waals surface area contributed by atoms with Crippen LogP contribution in [0.4, 0.5) is 0 Å². The summed E-state index contributed by atoms with van der Waals surface area (Å²) >= 11 is 0. The lowest BCUT2D eigenvalue weighted by atomic mass is 10.1. The molecule has 0 atom stereocenters. The van der Waals surface area contributed by atoms with Crippen LogP contribution in [0.5, 0.6) is 0 Å². The van der Waals surface area contributed by atoms with Gasteiger partial charge in [0.05, 0.1) is 0 Å². The number of rotatable bonds is 4. The van der Waals surface area contributed by atoms with Gasteiger partial charge in [-0.3, -0.25) is 4.79 Å². The summed E-state index contributed by atoms with van der Waals surface area (Å²) in [4.78, 5) is 11.1. The van der Waals surface area contributed by atoms with E-state index in [1.165, 1.54) is 0 Å². The first-order valence-electron chi connectivity index (χ1n) is 6.33. The molecule has 0 saturated carbocycles. The fourth-order valence-electron chi connectivity index (χ4n) is 2.06. The van der Waals surface area contributed by atoms with Crippen LogP contribution < -0.4 is 0 Å². The van der Waals surface area contributed by atoms with E-state index in [1.54, 1.807) is 6.92 Å².